The minimum atomic E-state index is 1.21. The highest BCUT2D eigenvalue weighted by Gasteiger charge is 2.03. The van der Waals surface area contributed by atoms with Gasteiger partial charge in [0.15, 0.2) is 0 Å². The molecule has 0 atom stereocenters. The van der Waals surface area contributed by atoms with Crippen LogP contribution in [0.15, 0.2) is 29.3 Å². The number of nitrogens with zero attached hydrogens (tertiary/aromatic N) is 1. The second-order valence-electron chi connectivity index (χ2n) is 3.48. The van der Waals surface area contributed by atoms with Gasteiger partial charge in [-0.3, -0.25) is 0 Å². The van der Waals surface area contributed by atoms with Gasteiger partial charge >= 0.3 is 0 Å². The van der Waals surface area contributed by atoms with Gasteiger partial charge in [0.05, 0.1) is 0 Å². The highest BCUT2D eigenvalue weighted by Crippen LogP contribution is 2.28. The molecule has 0 bridgehead atoms. The van der Waals surface area contributed by atoms with Gasteiger partial charge in [-0.2, -0.15) is 0 Å². The lowest BCUT2D eigenvalue weighted by atomic mass is 10.2. The number of nitrogens with one attached hydrogen (secondary N) is 1. The van der Waals surface area contributed by atoms with Crippen LogP contribution in [0.4, 0.5) is 5.69 Å². The van der Waals surface area contributed by atoms with Crippen molar-refractivity contribution in [2.75, 3.05) is 25.3 Å². The average Bonchev–Trinajstić information content (AvgIpc) is 2.59. The summed E-state index contributed by atoms with van der Waals surface area (Å²) < 4.78 is 0. The van der Waals surface area contributed by atoms with Crippen LogP contribution in [0.3, 0.4) is 0 Å². The molecule has 1 heterocycles. The number of fused-ring (bicyclic) bond motifs is 1. The lowest BCUT2D eigenvalue weighted by Crippen LogP contribution is -2.07. The van der Waals surface area contributed by atoms with E-state index in [0.717, 1.165) is 0 Å². The fraction of sp³-hybridized carbons (Fsp3) is 0.273. The van der Waals surface area contributed by atoms with Gasteiger partial charge in [0.1, 0.15) is 0 Å². The second-order valence-corrected chi connectivity index (χ2v) is 4.33. The largest absolute Gasteiger partial charge is 0.378 e. The van der Waals surface area contributed by atoms with Gasteiger partial charge in [-0.25, -0.2) is 0 Å². The van der Waals surface area contributed by atoms with Crippen LogP contribution in [0.25, 0.3) is 10.9 Å². The van der Waals surface area contributed by atoms with Crippen molar-refractivity contribution in [1.29, 1.82) is 0 Å². The Morgan fingerprint density at radius 2 is 2.07 bits per heavy atom. The molecular weight excluding hydrogens is 192 g/mol. The Hall–Kier alpha value is -1.09. The Morgan fingerprint density at radius 3 is 2.71 bits per heavy atom. The van der Waals surface area contributed by atoms with Crippen LogP contribution in [-0.2, 0) is 0 Å². The summed E-state index contributed by atoms with van der Waals surface area (Å²) in [5, 5.41) is 1.31. The molecule has 0 saturated heterocycles. The molecule has 1 aromatic carbocycles. The molecule has 0 amide bonds. The molecule has 74 valence electrons. The summed E-state index contributed by atoms with van der Waals surface area (Å²) in [4.78, 5) is 6.70. The van der Waals surface area contributed by atoms with E-state index in [1.807, 2.05) is 0 Å². The van der Waals surface area contributed by atoms with Gasteiger partial charge in [0.25, 0.3) is 0 Å². The topological polar surface area (TPSA) is 19.0 Å². The summed E-state index contributed by atoms with van der Waals surface area (Å²) in [7, 11) is 4.12. The first-order chi connectivity index (χ1) is 6.72. The van der Waals surface area contributed by atoms with E-state index in [-0.39, 0.29) is 0 Å². The normalized spacial score (nSPS) is 10.8. The van der Waals surface area contributed by atoms with Gasteiger partial charge in [-0.15, -0.1) is 11.8 Å². The van der Waals surface area contributed by atoms with Crippen molar-refractivity contribution in [3.63, 3.8) is 0 Å². The molecule has 1 N–H and O–H groups in total. The SMILES string of the molecule is CSc1c[nH]c2ccc(N(C)C)cc12. The smallest absolute Gasteiger partial charge is 0.0467 e. The molecule has 2 aromatic rings. The zero-order valence-corrected chi connectivity index (χ0v) is 9.48. The third-order valence-corrected chi connectivity index (χ3v) is 3.14. The van der Waals surface area contributed by atoms with E-state index in [9.17, 15) is 0 Å². The quantitative estimate of drug-likeness (QED) is 0.762. The number of H-pyrrole nitrogens is 1. The van der Waals surface area contributed by atoms with E-state index in [2.05, 4.69) is 54.6 Å². The summed E-state index contributed by atoms with van der Waals surface area (Å²) in [6.45, 7) is 0. The molecule has 3 heteroatoms. The molecule has 1 aromatic heterocycles. The standard InChI is InChI=1S/C11H14N2S/c1-13(2)8-4-5-10-9(6-8)11(14-3)7-12-10/h4-7,12H,1-3H3. The first kappa shape index (κ1) is 9.46. The maximum absolute atomic E-state index is 3.27. The molecular formula is C11H14N2S. The highest BCUT2D eigenvalue weighted by atomic mass is 32.2. The number of thioether (sulfide) groups is 1. The molecule has 0 aliphatic carbocycles. The Kier molecular flexibility index (Phi) is 2.42. The molecule has 2 nitrogen and oxygen atoms in total. The summed E-state index contributed by atoms with van der Waals surface area (Å²) >= 11 is 1.78. The van der Waals surface area contributed by atoms with E-state index in [0.29, 0.717) is 0 Å². The van der Waals surface area contributed by atoms with E-state index in [1.165, 1.54) is 21.5 Å². The number of hydrogen-bond acceptors (Lipinski definition) is 2. The van der Waals surface area contributed by atoms with Gasteiger partial charge in [-0.05, 0) is 24.5 Å². The first-order valence-electron chi connectivity index (χ1n) is 4.55. The fourth-order valence-electron chi connectivity index (χ4n) is 1.53. The Morgan fingerprint density at radius 1 is 1.29 bits per heavy atom. The van der Waals surface area contributed by atoms with Gasteiger partial charge in [0, 0.05) is 41.8 Å². The van der Waals surface area contributed by atoms with Crippen LogP contribution >= 0.6 is 11.8 Å². The average molecular weight is 206 g/mol. The maximum atomic E-state index is 3.27. The maximum Gasteiger partial charge on any atom is 0.0467 e. The third kappa shape index (κ3) is 1.48. The minimum Gasteiger partial charge on any atom is -0.378 e. The van der Waals surface area contributed by atoms with Crippen LogP contribution in [0, 0.1) is 0 Å². The molecule has 0 radical (unpaired) electrons. The molecule has 0 unspecified atom stereocenters. The molecule has 14 heavy (non-hydrogen) atoms. The molecule has 0 aliphatic rings. The summed E-state index contributed by atoms with van der Waals surface area (Å²) in [6, 6.07) is 6.48. The summed E-state index contributed by atoms with van der Waals surface area (Å²) in [5.41, 5.74) is 2.45. The lowest BCUT2D eigenvalue weighted by Gasteiger charge is -2.12. The third-order valence-electron chi connectivity index (χ3n) is 2.36. The van der Waals surface area contributed by atoms with Gasteiger partial charge in [-0.1, -0.05) is 0 Å². The number of aromatic amines is 1. The van der Waals surface area contributed by atoms with Crippen LogP contribution in [0.5, 0.6) is 0 Å². The van der Waals surface area contributed by atoms with Crippen molar-refractivity contribution < 1.29 is 0 Å². The van der Waals surface area contributed by atoms with Gasteiger partial charge in [0.2, 0.25) is 0 Å². The van der Waals surface area contributed by atoms with Crippen molar-refractivity contribution in [1.82, 2.24) is 4.98 Å². The van der Waals surface area contributed by atoms with Crippen molar-refractivity contribution >= 4 is 28.4 Å². The van der Waals surface area contributed by atoms with Gasteiger partial charge < -0.3 is 9.88 Å². The predicted molar refractivity (Wildman–Crippen MR) is 64.4 cm³/mol. The molecule has 2 rings (SSSR count). The predicted octanol–water partition coefficient (Wildman–Crippen LogP) is 2.96. The van der Waals surface area contributed by atoms with Crippen LogP contribution < -0.4 is 4.90 Å². The highest BCUT2D eigenvalue weighted by molar-refractivity contribution is 7.98. The zero-order valence-electron chi connectivity index (χ0n) is 8.66. The van der Waals surface area contributed by atoms with E-state index >= 15 is 0 Å². The van der Waals surface area contributed by atoms with Crippen molar-refractivity contribution in [3.8, 4) is 0 Å². The second kappa shape index (κ2) is 3.58. The monoisotopic (exact) mass is 206 g/mol. The van der Waals surface area contributed by atoms with Crippen molar-refractivity contribution in [2.24, 2.45) is 0 Å². The number of aromatic nitrogens is 1. The van der Waals surface area contributed by atoms with Crippen LogP contribution in [0.2, 0.25) is 0 Å². The van der Waals surface area contributed by atoms with Crippen molar-refractivity contribution in [3.05, 3.63) is 24.4 Å². The first-order valence-corrected chi connectivity index (χ1v) is 5.77. The van der Waals surface area contributed by atoms with Crippen LogP contribution in [-0.4, -0.2) is 25.3 Å². The molecule has 0 saturated carbocycles. The summed E-state index contributed by atoms with van der Waals surface area (Å²) in [5.74, 6) is 0. The lowest BCUT2D eigenvalue weighted by molar-refractivity contribution is 1.13. The van der Waals surface area contributed by atoms with E-state index in [4.69, 9.17) is 0 Å². The number of hydrogen-bond donors (Lipinski definition) is 1. The zero-order chi connectivity index (χ0) is 10.1. The number of rotatable bonds is 2. The van der Waals surface area contributed by atoms with E-state index < -0.39 is 0 Å². The molecule has 0 fully saturated rings. The number of benzene rings is 1. The molecule has 0 spiro atoms. The number of anilines is 1. The Labute approximate surface area is 88.3 Å². The summed E-state index contributed by atoms with van der Waals surface area (Å²) in [6.07, 6.45) is 4.17. The van der Waals surface area contributed by atoms with Crippen molar-refractivity contribution in [2.45, 2.75) is 4.90 Å². The van der Waals surface area contributed by atoms with Crippen LogP contribution in [0.1, 0.15) is 0 Å². The Bertz CT molecular complexity index is 445. The fourth-order valence-corrected chi connectivity index (χ4v) is 2.10. The Balaban J connectivity index is 2.61. The van der Waals surface area contributed by atoms with E-state index in [1.54, 1.807) is 11.8 Å². The molecule has 0 aliphatic heterocycles. The minimum absolute atomic E-state index is 1.21.